The molecule has 0 bridgehead atoms. The van der Waals surface area contributed by atoms with E-state index in [-0.39, 0.29) is 0 Å². The highest BCUT2D eigenvalue weighted by Crippen LogP contribution is 2.20. The van der Waals surface area contributed by atoms with Crippen molar-refractivity contribution in [3.63, 3.8) is 0 Å². The highest BCUT2D eigenvalue weighted by Gasteiger charge is 2.12. The van der Waals surface area contributed by atoms with E-state index in [1.54, 1.807) is 0 Å². The number of piperazine rings is 1. The third-order valence-corrected chi connectivity index (χ3v) is 3.22. The van der Waals surface area contributed by atoms with Gasteiger partial charge in [-0.1, -0.05) is 0 Å². The molecule has 2 N–H and O–H groups in total. The fourth-order valence-electron chi connectivity index (χ4n) is 2.23. The van der Waals surface area contributed by atoms with E-state index in [0.717, 1.165) is 55.8 Å². The number of nitrogens with one attached hydrogen (secondary N) is 2. The van der Waals surface area contributed by atoms with Crippen LogP contribution in [0, 0.1) is 6.92 Å². The summed E-state index contributed by atoms with van der Waals surface area (Å²) in [4.78, 5) is 10.1. The molecule has 96 valence electrons. The lowest BCUT2D eigenvalue weighted by molar-refractivity contribution is 0.228. The van der Waals surface area contributed by atoms with Gasteiger partial charge in [-0.2, -0.15) is 0 Å². The first kappa shape index (κ1) is 11.5. The summed E-state index contributed by atoms with van der Waals surface area (Å²) in [7, 11) is 0. The topological polar surface area (TPSA) is 57.1 Å². The van der Waals surface area contributed by atoms with E-state index in [0.29, 0.717) is 0 Å². The second-order valence-corrected chi connectivity index (χ2v) is 4.68. The summed E-state index contributed by atoms with van der Waals surface area (Å²) in [5.74, 6) is 2.77. The fraction of sp³-hybridized carbons (Fsp3) is 0.462. The van der Waals surface area contributed by atoms with Gasteiger partial charge in [0.15, 0.2) is 5.76 Å². The molecule has 3 rings (SSSR count). The van der Waals surface area contributed by atoms with E-state index < -0.39 is 0 Å². The minimum Gasteiger partial charge on any atom is -0.460 e. The minimum atomic E-state index is 0.853. The maximum Gasteiger partial charge on any atom is 0.152 e. The molecule has 0 saturated carbocycles. The molecule has 1 aliphatic rings. The number of aromatic nitrogens is 2. The molecule has 1 fully saturated rings. The maximum absolute atomic E-state index is 5.58. The normalized spacial score (nSPS) is 17.2. The molecule has 1 saturated heterocycles. The lowest BCUT2D eigenvalue weighted by Crippen LogP contribution is -2.43. The van der Waals surface area contributed by atoms with Gasteiger partial charge in [0.1, 0.15) is 17.3 Å². The molecule has 0 spiro atoms. The quantitative estimate of drug-likeness (QED) is 0.859. The zero-order valence-corrected chi connectivity index (χ0v) is 10.6. The summed E-state index contributed by atoms with van der Waals surface area (Å²) in [6, 6.07) is 3.93. The SMILES string of the molecule is Cc1ccc(-c2cnc(CN3CCNCC3)[nH]2)o1. The third-order valence-electron chi connectivity index (χ3n) is 3.22. The van der Waals surface area contributed by atoms with E-state index in [4.69, 9.17) is 4.42 Å². The molecule has 0 atom stereocenters. The van der Waals surface area contributed by atoms with Gasteiger partial charge in [0.05, 0.1) is 12.7 Å². The van der Waals surface area contributed by atoms with E-state index in [9.17, 15) is 0 Å². The predicted molar refractivity (Wildman–Crippen MR) is 69.2 cm³/mol. The van der Waals surface area contributed by atoms with Crippen LogP contribution in [0.1, 0.15) is 11.6 Å². The van der Waals surface area contributed by atoms with Crippen molar-refractivity contribution in [2.75, 3.05) is 26.2 Å². The zero-order chi connectivity index (χ0) is 12.4. The Morgan fingerprint density at radius 2 is 2.17 bits per heavy atom. The minimum absolute atomic E-state index is 0.853. The number of hydrogen-bond acceptors (Lipinski definition) is 4. The second kappa shape index (κ2) is 4.96. The molecule has 0 aliphatic carbocycles. The number of imidazole rings is 1. The van der Waals surface area contributed by atoms with Crippen LogP contribution in [0.15, 0.2) is 22.7 Å². The zero-order valence-electron chi connectivity index (χ0n) is 10.6. The summed E-state index contributed by atoms with van der Waals surface area (Å²) >= 11 is 0. The Labute approximate surface area is 106 Å². The van der Waals surface area contributed by atoms with Crippen LogP contribution in [0.3, 0.4) is 0 Å². The average molecular weight is 246 g/mol. The number of rotatable bonds is 3. The van der Waals surface area contributed by atoms with Crippen LogP contribution in [-0.4, -0.2) is 41.0 Å². The Hall–Kier alpha value is -1.59. The summed E-state index contributed by atoms with van der Waals surface area (Å²) in [6.07, 6.45) is 1.84. The van der Waals surface area contributed by atoms with Crippen molar-refractivity contribution in [3.8, 4) is 11.5 Å². The van der Waals surface area contributed by atoms with Crippen LogP contribution in [0.25, 0.3) is 11.5 Å². The molecule has 18 heavy (non-hydrogen) atoms. The smallest absolute Gasteiger partial charge is 0.152 e. The summed E-state index contributed by atoms with van der Waals surface area (Å²) < 4.78 is 5.58. The van der Waals surface area contributed by atoms with Crippen LogP contribution < -0.4 is 5.32 Å². The summed E-state index contributed by atoms with van der Waals surface area (Å²) in [5, 5.41) is 3.35. The Morgan fingerprint density at radius 3 is 2.89 bits per heavy atom. The monoisotopic (exact) mass is 246 g/mol. The lowest BCUT2D eigenvalue weighted by atomic mass is 10.3. The highest BCUT2D eigenvalue weighted by atomic mass is 16.3. The Bertz CT molecular complexity index is 511. The van der Waals surface area contributed by atoms with Crippen LogP contribution >= 0.6 is 0 Å². The highest BCUT2D eigenvalue weighted by molar-refractivity contribution is 5.51. The van der Waals surface area contributed by atoms with Gasteiger partial charge in [-0.05, 0) is 19.1 Å². The number of H-pyrrole nitrogens is 1. The van der Waals surface area contributed by atoms with Crippen LogP contribution in [-0.2, 0) is 6.54 Å². The van der Waals surface area contributed by atoms with Gasteiger partial charge in [-0.3, -0.25) is 4.90 Å². The molecule has 2 aromatic heterocycles. The average Bonchev–Trinajstić information content (AvgIpc) is 2.99. The van der Waals surface area contributed by atoms with Crippen molar-refractivity contribution in [3.05, 3.63) is 29.9 Å². The van der Waals surface area contributed by atoms with Gasteiger partial charge < -0.3 is 14.7 Å². The van der Waals surface area contributed by atoms with Crippen LogP contribution in [0.5, 0.6) is 0 Å². The van der Waals surface area contributed by atoms with Gasteiger partial charge in [-0.15, -0.1) is 0 Å². The third kappa shape index (κ3) is 2.47. The van der Waals surface area contributed by atoms with Crippen molar-refractivity contribution < 1.29 is 4.42 Å². The van der Waals surface area contributed by atoms with Crippen LogP contribution in [0.4, 0.5) is 0 Å². The van der Waals surface area contributed by atoms with Gasteiger partial charge in [0.2, 0.25) is 0 Å². The Balaban J connectivity index is 1.69. The van der Waals surface area contributed by atoms with E-state index in [1.165, 1.54) is 0 Å². The van der Waals surface area contributed by atoms with Crippen LogP contribution in [0.2, 0.25) is 0 Å². The second-order valence-electron chi connectivity index (χ2n) is 4.68. The first-order valence-electron chi connectivity index (χ1n) is 6.35. The first-order chi connectivity index (χ1) is 8.81. The van der Waals surface area contributed by atoms with E-state index in [2.05, 4.69) is 20.2 Å². The summed E-state index contributed by atoms with van der Waals surface area (Å²) in [5.41, 5.74) is 0.952. The number of aryl methyl sites for hydroxylation is 1. The molecule has 3 heterocycles. The number of aromatic amines is 1. The van der Waals surface area contributed by atoms with Gasteiger partial charge in [0, 0.05) is 26.2 Å². The maximum atomic E-state index is 5.58. The van der Waals surface area contributed by atoms with Gasteiger partial charge in [-0.25, -0.2) is 4.98 Å². The molecule has 5 heteroatoms. The Kier molecular flexibility index (Phi) is 3.17. The standard InChI is InChI=1S/C13H18N4O/c1-10-2-3-12(18-10)11-8-15-13(16-11)9-17-6-4-14-5-7-17/h2-3,8,14H,4-7,9H2,1H3,(H,15,16). The summed E-state index contributed by atoms with van der Waals surface area (Å²) in [6.45, 7) is 7.10. The number of nitrogens with zero attached hydrogens (tertiary/aromatic N) is 2. The molecule has 0 radical (unpaired) electrons. The van der Waals surface area contributed by atoms with E-state index in [1.807, 2.05) is 25.3 Å². The van der Waals surface area contributed by atoms with Crippen molar-refractivity contribution >= 4 is 0 Å². The lowest BCUT2D eigenvalue weighted by Gasteiger charge is -2.26. The molecule has 5 nitrogen and oxygen atoms in total. The van der Waals surface area contributed by atoms with Crippen molar-refractivity contribution in [1.29, 1.82) is 0 Å². The van der Waals surface area contributed by atoms with Crippen molar-refractivity contribution in [2.24, 2.45) is 0 Å². The number of furan rings is 1. The molecular formula is C13H18N4O. The van der Waals surface area contributed by atoms with E-state index >= 15 is 0 Å². The largest absolute Gasteiger partial charge is 0.460 e. The molecule has 0 aromatic carbocycles. The molecule has 0 unspecified atom stereocenters. The molecule has 0 amide bonds. The van der Waals surface area contributed by atoms with Crippen molar-refractivity contribution in [1.82, 2.24) is 20.2 Å². The molecule has 2 aromatic rings. The first-order valence-corrected chi connectivity index (χ1v) is 6.35. The fourth-order valence-corrected chi connectivity index (χ4v) is 2.23. The number of hydrogen-bond donors (Lipinski definition) is 2. The van der Waals surface area contributed by atoms with Gasteiger partial charge >= 0.3 is 0 Å². The molecular weight excluding hydrogens is 228 g/mol. The Morgan fingerprint density at radius 1 is 1.33 bits per heavy atom. The van der Waals surface area contributed by atoms with Crippen molar-refractivity contribution in [2.45, 2.75) is 13.5 Å². The molecule has 1 aliphatic heterocycles. The van der Waals surface area contributed by atoms with Gasteiger partial charge in [0.25, 0.3) is 0 Å². The predicted octanol–water partition coefficient (Wildman–Crippen LogP) is 1.38.